The molecule has 0 aliphatic rings. The number of nitrogens with one attached hydrogen (secondary N) is 1. The molecule has 0 saturated heterocycles. The van der Waals surface area contributed by atoms with Crippen LogP contribution in [0.15, 0.2) is 70.2 Å². The highest BCUT2D eigenvalue weighted by Gasteiger charge is 2.20. The smallest absolute Gasteiger partial charge is 0.242 e. The Kier molecular flexibility index (Phi) is 4.24. The Morgan fingerprint density at radius 3 is 2.55 bits per heavy atom. The topological polar surface area (TPSA) is 59.1 Å². The number of aromatic nitrogens is 1. The van der Waals surface area contributed by atoms with Crippen molar-refractivity contribution < 1.29 is 8.42 Å². The van der Waals surface area contributed by atoms with Gasteiger partial charge in [0.15, 0.2) is 0 Å². The van der Waals surface area contributed by atoms with Gasteiger partial charge < -0.3 is 0 Å². The number of sulfonamides is 1. The highest BCUT2D eigenvalue weighted by molar-refractivity contribution is 9.10. The van der Waals surface area contributed by atoms with Gasteiger partial charge in [-0.15, -0.1) is 0 Å². The summed E-state index contributed by atoms with van der Waals surface area (Å²) in [6.07, 6.45) is 1.64. The Morgan fingerprint density at radius 1 is 1.00 bits per heavy atom. The molecule has 22 heavy (non-hydrogen) atoms. The average molecular weight is 377 g/mol. The molecule has 0 unspecified atom stereocenters. The van der Waals surface area contributed by atoms with E-state index < -0.39 is 10.0 Å². The van der Waals surface area contributed by atoms with Gasteiger partial charge in [0.25, 0.3) is 0 Å². The average Bonchev–Trinajstić information content (AvgIpc) is 2.53. The molecule has 0 aliphatic carbocycles. The second-order valence-electron chi connectivity index (χ2n) is 4.74. The van der Waals surface area contributed by atoms with Crippen LogP contribution in [0, 0.1) is 0 Å². The quantitative estimate of drug-likeness (QED) is 0.758. The molecule has 3 aromatic rings. The molecule has 0 saturated carbocycles. The second-order valence-corrected chi connectivity index (χ2v) is 7.30. The third kappa shape index (κ3) is 3.04. The van der Waals surface area contributed by atoms with Gasteiger partial charge in [0.2, 0.25) is 10.0 Å². The monoisotopic (exact) mass is 376 g/mol. The lowest BCUT2D eigenvalue weighted by molar-refractivity contribution is 0.581. The molecule has 2 aromatic carbocycles. The first kappa shape index (κ1) is 15.1. The van der Waals surface area contributed by atoms with Crippen LogP contribution >= 0.6 is 15.9 Å². The molecule has 3 rings (SSSR count). The van der Waals surface area contributed by atoms with E-state index >= 15 is 0 Å². The van der Waals surface area contributed by atoms with Gasteiger partial charge in [0, 0.05) is 16.1 Å². The molecule has 0 spiro atoms. The predicted molar refractivity (Wildman–Crippen MR) is 89.9 cm³/mol. The summed E-state index contributed by atoms with van der Waals surface area (Å²) in [5.74, 6) is 0. The van der Waals surface area contributed by atoms with Crippen molar-refractivity contribution in [3.8, 4) is 0 Å². The highest BCUT2D eigenvalue weighted by Crippen LogP contribution is 2.30. The Bertz CT molecular complexity index is 912. The van der Waals surface area contributed by atoms with Crippen LogP contribution in [0.1, 0.15) is 5.69 Å². The van der Waals surface area contributed by atoms with E-state index in [9.17, 15) is 8.42 Å². The molecule has 0 fully saturated rings. The van der Waals surface area contributed by atoms with Crippen LogP contribution in [-0.4, -0.2) is 13.4 Å². The summed E-state index contributed by atoms with van der Waals surface area (Å²) < 4.78 is 28.5. The van der Waals surface area contributed by atoms with E-state index in [0.29, 0.717) is 15.6 Å². The fraction of sp³-hybridized carbons (Fsp3) is 0.0625. The van der Waals surface area contributed by atoms with Crippen molar-refractivity contribution in [1.82, 2.24) is 9.71 Å². The van der Waals surface area contributed by atoms with Gasteiger partial charge in [-0.2, -0.15) is 0 Å². The van der Waals surface area contributed by atoms with Gasteiger partial charge in [-0.1, -0.05) is 36.4 Å². The van der Waals surface area contributed by atoms with Gasteiger partial charge in [-0.3, -0.25) is 4.98 Å². The number of halogens is 1. The van der Waals surface area contributed by atoms with Crippen LogP contribution in [0.3, 0.4) is 0 Å². The Morgan fingerprint density at radius 2 is 1.77 bits per heavy atom. The normalized spacial score (nSPS) is 11.7. The Balaban J connectivity index is 2.00. The number of hydrogen-bond acceptors (Lipinski definition) is 3. The minimum atomic E-state index is -3.65. The maximum atomic E-state index is 12.7. The number of nitrogens with zero attached hydrogens (tertiary/aromatic N) is 1. The lowest BCUT2D eigenvalue weighted by atomic mass is 10.1. The maximum absolute atomic E-state index is 12.7. The van der Waals surface area contributed by atoms with Crippen molar-refractivity contribution in [3.05, 3.63) is 71.0 Å². The van der Waals surface area contributed by atoms with Gasteiger partial charge in [-0.05, 0) is 39.5 Å². The Labute approximate surface area is 137 Å². The van der Waals surface area contributed by atoms with Gasteiger partial charge >= 0.3 is 0 Å². The molecule has 0 atom stereocenters. The molecule has 4 nitrogen and oxygen atoms in total. The van der Waals surface area contributed by atoms with Crippen molar-refractivity contribution in [3.63, 3.8) is 0 Å². The van der Waals surface area contributed by atoms with Crippen LogP contribution in [0.25, 0.3) is 10.8 Å². The fourth-order valence-corrected chi connectivity index (χ4v) is 4.50. The van der Waals surface area contributed by atoms with E-state index in [-0.39, 0.29) is 11.4 Å². The summed E-state index contributed by atoms with van der Waals surface area (Å²) in [5.41, 5.74) is 0.669. The third-order valence-electron chi connectivity index (χ3n) is 3.27. The minimum absolute atomic E-state index is 0.152. The van der Waals surface area contributed by atoms with E-state index in [1.54, 1.807) is 30.5 Å². The van der Waals surface area contributed by atoms with Crippen molar-refractivity contribution in [2.75, 3.05) is 0 Å². The van der Waals surface area contributed by atoms with Crippen molar-refractivity contribution in [1.29, 1.82) is 0 Å². The second kappa shape index (κ2) is 6.16. The number of hydrogen-bond donors (Lipinski definition) is 1. The summed E-state index contributed by atoms with van der Waals surface area (Å²) >= 11 is 3.34. The zero-order valence-electron chi connectivity index (χ0n) is 11.5. The van der Waals surface area contributed by atoms with E-state index in [2.05, 4.69) is 25.6 Å². The van der Waals surface area contributed by atoms with Crippen LogP contribution in [0.4, 0.5) is 0 Å². The van der Waals surface area contributed by atoms with E-state index in [4.69, 9.17) is 0 Å². The zero-order chi connectivity index (χ0) is 15.6. The molecule has 112 valence electrons. The molecule has 0 radical (unpaired) electrons. The van der Waals surface area contributed by atoms with E-state index in [1.165, 1.54) is 0 Å². The largest absolute Gasteiger partial charge is 0.260 e. The van der Waals surface area contributed by atoms with Crippen LogP contribution < -0.4 is 4.72 Å². The van der Waals surface area contributed by atoms with Crippen LogP contribution in [0.5, 0.6) is 0 Å². The first-order chi connectivity index (χ1) is 10.6. The highest BCUT2D eigenvalue weighted by atomic mass is 79.9. The molecular formula is C16H13BrN2O2S. The first-order valence-corrected chi connectivity index (χ1v) is 8.92. The maximum Gasteiger partial charge on any atom is 0.242 e. The lowest BCUT2D eigenvalue weighted by Crippen LogP contribution is -2.24. The summed E-state index contributed by atoms with van der Waals surface area (Å²) in [6.45, 7) is 0.152. The van der Waals surface area contributed by atoms with Crippen molar-refractivity contribution in [2.45, 2.75) is 11.4 Å². The molecule has 1 N–H and O–H groups in total. The zero-order valence-corrected chi connectivity index (χ0v) is 13.9. The molecule has 6 heteroatoms. The number of benzene rings is 2. The molecule has 0 amide bonds. The molecule has 1 aromatic heterocycles. The van der Waals surface area contributed by atoms with Gasteiger partial charge in [0.05, 0.1) is 12.2 Å². The summed E-state index contributed by atoms with van der Waals surface area (Å²) in [4.78, 5) is 4.37. The number of rotatable bonds is 4. The summed E-state index contributed by atoms with van der Waals surface area (Å²) in [5, 5.41) is 1.56. The molecule has 0 aliphatic heterocycles. The number of pyridine rings is 1. The van der Waals surface area contributed by atoms with Gasteiger partial charge in [-0.25, -0.2) is 13.1 Å². The molecule has 0 bridgehead atoms. The first-order valence-electron chi connectivity index (χ1n) is 6.65. The third-order valence-corrected chi connectivity index (χ3v) is 5.69. The fourth-order valence-electron chi connectivity index (χ4n) is 2.23. The van der Waals surface area contributed by atoms with Crippen LogP contribution in [-0.2, 0) is 16.6 Å². The van der Waals surface area contributed by atoms with Crippen LogP contribution in [0.2, 0.25) is 0 Å². The van der Waals surface area contributed by atoms with E-state index in [1.807, 2.05) is 30.3 Å². The van der Waals surface area contributed by atoms with E-state index in [0.717, 1.165) is 5.39 Å². The SMILES string of the molecule is O=S(=O)(NCc1ccccn1)c1c(Br)ccc2ccccc12. The van der Waals surface area contributed by atoms with Crippen molar-refractivity contribution in [2.24, 2.45) is 0 Å². The standard InChI is InChI=1S/C16H13BrN2O2S/c17-15-9-8-12-5-1-2-7-14(12)16(15)22(20,21)19-11-13-6-3-4-10-18-13/h1-10,19H,11H2. The Hall–Kier alpha value is -1.76. The predicted octanol–water partition coefficient (Wildman–Crippen LogP) is 3.48. The van der Waals surface area contributed by atoms with Gasteiger partial charge in [0.1, 0.15) is 4.90 Å². The molecule has 1 heterocycles. The minimum Gasteiger partial charge on any atom is -0.260 e. The summed E-state index contributed by atoms with van der Waals surface area (Å²) in [7, 11) is -3.65. The molecular weight excluding hydrogens is 364 g/mol. The lowest BCUT2D eigenvalue weighted by Gasteiger charge is -2.11. The summed E-state index contributed by atoms with van der Waals surface area (Å²) in [6, 6.07) is 16.4. The van der Waals surface area contributed by atoms with Crippen molar-refractivity contribution >= 4 is 36.7 Å². The number of fused-ring (bicyclic) bond motifs is 1.